The highest BCUT2D eigenvalue weighted by atomic mass is 32.2. The van der Waals surface area contributed by atoms with Gasteiger partial charge in [0.05, 0.1) is 5.75 Å². The van der Waals surface area contributed by atoms with Gasteiger partial charge in [-0.3, -0.25) is 9.35 Å². The zero-order chi connectivity index (χ0) is 12.6. The molecule has 0 aliphatic rings. The van der Waals surface area contributed by atoms with Gasteiger partial charge in [0.2, 0.25) is 5.91 Å². The number of nitrogens with two attached hydrogens (primary N) is 1. The van der Waals surface area contributed by atoms with Gasteiger partial charge in [0.1, 0.15) is 0 Å². The van der Waals surface area contributed by atoms with E-state index in [4.69, 9.17) is 10.3 Å². The third kappa shape index (κ3) is 9.84. The monoisotopic (exact) mass is 253 g/mol. The van der Waals surface area contributed by atoms with E-state index in [0.717, 1.165) is 0 Å². The zero-order valence-electron chi connectivity index (χ0n) is 9.27. The third-order valence-electron chi connectivity index (χ3n) is 1.81. The normalized spacial score (nSPS) is 13.4. The maximum Gasteiger partial charge on any atom is 0.266 e. The number of hydrogen-bond donors (Lipinski definition) is 4. The molecule has 96 valence electrons. The Labute approximate surface area is 95.5 Å². The lowest BCUT2D eigenvalue weighted by atomic mass is 10.2. The van der Waals surface area contributed by atoms with Gasteiger partial charge >= 0.3 is 0 Å². The summed E-state index contributed by atoms with van der Waals surface area (Å²) in [6.45, 7) is 2.93. The molecule has 0 rings (SSSR count). The molecule has 5 N–H and O–H groups in total. The minimum Gasteiger partial charge on any atom is -0.352 e. The molecule has 0 aliphatic heterocycles. The summed E-state index contributed by atoms with van der Waals surface area (Å²) in [6, 6.07) is -0.585. The fourth-order valence-corrected chi connectivity index (χ4v) is 2.00. The predicted molar refractivity (Wildman–Crippen MR) is 60.6 cm³/mol. The number of carbonyl (C=O) groups excluding carboxylic acids is 1. The molecule has 0 aromatic carbocycles. The van der Waals surface area contributed by atoms with Crippen LogP contribution in [0.5, 0.6) is 0 Å². The summed E-state index contributed by atoms with van der Waals surface area (Å²) in [5.41, 5.74) is 5.26. The van der Waals surface area contributed by atoms with Crippen LogP contribution >= 0.6 is 0 Å². The van der Waals surface area contributed by atoms with Crippen molar-refractivity contribution in [3.63, 3.8) is 0 Å². The number of nitrogens with one attached hydrogen (secondary N) is 2. The molecule has 0 saturated carbocycles. The molecule has 8 heteroatoms. The second kappa shape index (κ2) is 7.55. The molecule has 1 atom stereocenters. The van der Waals surface area contributed by atoms with E-state index < -0.39 is 21.9 Å². The van der Waals surface area contributed by atoms with E-state index in [9.17, 15) is 13.2 Å². The second-order valence-corrected chi connectivity index (χ2v) is 4.97. The molecule has 0 aromatic heterocycles. The Hall–Kier alpha value is -0.700. The molecular formula is C8H19N3O4S. The summed E-state index contributed by atoms with van der Waals surface area (Å²) in [6.07, 6.45) is 0.416. The zero-order valence-corrected chi connectivity index (χ0v) is 10.1. The molecule has 0 bridgehead atoms. The minimum absolute atomic E-state index is 0.326. The van der Waals surface area contributed by atoms with Gasteiger partial charge in [0.15, 0.2) is 0 Å². The van der Waals surface area contributed by atoms with Gasteiger partial charge < -0.3 is 16.4 Å². The third-order valence-corrected chi connectivity index (χ3v) is 2.63. The number of rotatable bonds is 8. The van der Waals surface area contributed by atoms with Crippen LogP contribution in [0, 0.1) is 0 Å². The summed E-state index contributed by atoms with van der Waals surface area (Å²) in [5, 5.41) is 5.44. The van der Waals surface area contributed by atoms with Crippen LogP contribution in [0.4, 0.5) is 0 Å². The van der Waals surface area contributed by atoms with Crippen molar-refractivity contribution in [2.75, 3.05) is 25.4 Å². The van der Waals surface area contributed by atoms with E-state index in [1.54, 1.807) is 0 Å². The van der Waals surface area contributed by atoms with Gasteiger partial charge in [-0.2, -0.15) is 8.42 Å². The van der Waals surface area contributed by atoms with Crippen molar-refractivity contribution in [3.05, 3.63) is 0 Å². The van der Waals surface area contributed by atoms with Crippen molar-refractivity contribution in [3.8, 4) is 0 Å². The van der Waals surface area contributed by atoms with Crippen molar-refractivity contribution in [1.82, 2.24) is 10.6 Å². The standard InChI is InChI=1S/C8H19N3O4S/c1-7(12)11-8(6-16(13,14)15)2-4-10-5-3-9/h8,10H,2-6,9H2,1H3,(H,11,12)(H,13,14,15). The SMILES string of the molecule is CC(=O)NC(CCNCCN)CS(=O)(=O)O. The van der Waals surface area contributed by atoms with Crippen LogP contribution in [0.2, 0.25) is 0 Å². The molecule has 1 amide bonds. The number of hydrogen-bond acceptors (Lipinski definition) is 5. The average molecular weight is 253 g/mol. The molecule has 16 heavy (non-hydrogen) atoms. The minimum atomic E-state index is -4.08. The highest BCUT2D eigenvalue weighted by Crippen LogP contribution is 1.96. The van der Waals surface area contributed by atoms with Gasteiger partial charge in [-0.05, 0) is 13.0 Å². The van der Waals surface area contributed by atoms with E-state index in [-0.39, 0.29) is 5.91 Å². The van der Waals surface area contributed by atoms with Crippen LogP contribution in [0.15, 0.2) is 0 Å². The summed E-state index contributed by atoms with van der Waals surface area (Å²) in [7, 11) is -4.08. The summed E-state index contributed by atoms with van der Waals surface area (Å²) in [4.78, 5) is 10.8. The van der Waals surface area contributed by atoms with Crippen LogP contribution in [-0.4, -0.2) is 50.3 Å². The summed E-state index contributed by atoms with van der Waals surface area (Å²) >= 11 is 0. The molecule has 7 nitrogen and oxygen atoms in total. The lowest BCUT2D eigenvalue weighted by molar-refractivity contribution is -0.119. The first-order valence-corrected chi connectivity index (χ1v) is 6.59. The maximum atomic E-state index is 10.8. The topological polar surface area (TPSA) is 122 Å². The molecular weight excluding hydrogens is 234 g/mol. The predicted octanol–water partition coefficient (Wildman–Crippen LogP) is -1.68. The number of carbonyl (C=O) groups is 1. The largest absolute Gasteiger partial charge is 0.352 e. The van der Waals surface area contributed by atoms with E-state index in [1.165, 1.54) is 6.92 Å². The van der Waals surface area contributed by atoms with E-state index in [0.29, 0.717) is 26.1 Å². The Morgan fingerprint density at radius 2 is 2.06 bits per heavy atom. The molecule has 0 aromatic rings. The second-order valence-electron chi connectivity index (χ2n) is 3.47. The first-order valence-electron chi connectivity index (χ1n) is 4.98. The quantitative estimate of drug-likeness (QED) is 0.303. The van der Waals surface area contributed by atoms with Crippen LogP contribution in [0.1, 0.15) is 13.3 Å². The Kier molecular flexibility index (Phi) is 7.22. The molecule has 0 aliphatic carbocycles. The molecule has 0 spiro atoms. The Morgan fingerprint density at radius 1 is 1.44 bits per heavy atom. The molecule has 0 radical (unpaired) electrons. The van der Waals surface area contributed by atoms with Crippen LogP contribution < -0.4 is 16.4 Å². The van der Waals surface area contributed by atoms with Gasteiger partial charge in [-0.15, -0.1) is 0 Å². The highest BCUT2D eigenvalue weighted by molar-refractivity contribution is 7.85. The maximum absolute atomic E-state index is 10.8. The average Bonchev–Trinajstić information content (AvgIpc) is 2.08. The first-order chi connectivity index (χ1) is 7.35. The Morgan fingerprint density at radius 3 is 2.50 bits per heavy atom. The van der Waals surface area contributed by atoms with Crippen molar-refractivity contribution in [1.29, 1.82) is 0 Å². The Balaban J connectivity index is 4.06. The molecule has 1 unspecified atom stereocenters. The fraction of sp³-hybridized carbons (Fsp3) is 0.875. The van der Waals surface area contributed by atoms with Crippen molar-refractivity contribution < 1.29 is 17.8 Å². The van der Waals surface area contributed by atoms with E-state index >= 15 is 0 Å². The van der Waals surface area contributed by atoms with Gasteiger partial charge in [-0.25, -0.2) is 0 Å². The van der Waals surface area contributed by atoms with Gasteiger partial charge in [-0.1, -0.05) is 0 Å². The first kappa shape index (κ1) is 15.3. The smallest absolute Gasteiger partial charge is 0.266 e. The van der Waals surface area contributed by atoms with E-state index in [2.05, 4.69) is 10.6 Å². The molecule has 0 fully saturated rings. The van der Waals surface area contributed by atoms with Crippen LogP contribution in [0.25, 0.3) is 0 Å². The van der Waals surface area contributed by atoms with Gasteiger partial charge in [0, 0.05) is 26.1 Å². The fourth-order valence-electron chi connectivity index (χ4n) is 1.24. The van der Waals surface area contributed by atoms with Crippen molar-refractivity contribution >= 4 is 16.0 Å². The molecule has 0 saturated heterocycles. The van der Waals surface area contributed by atoms with E-state index in [1.807, 2.05) is 0 Å². The Bertz CT molecular complexity index is 304. The lowest BCUT2D eigenvalue weighted by Crippen LogP contribution is -2.40. The molecule has 0 heterocycles. The lowest BCUT2D eigenvalue weighted by Gasteiger charge is -2.16. The summed E-state index contributed by atoms with van der Waals surface area (Å²) in [5.74, 6) is -0.802. The van der Waals surface area contributed by atoms with Crippen molar-refractivity contribution in [2.24, 2.45) is 5.73 Å². The van der Waals surface area contributed by atoms with Crippen LogP contribution in [-0.2, 0) is 14.9 Å². The van der Waals surface area contributed by atoms with Crippen molar-refractivity contribution in [2.45, 2.75) is 19.4 Å². The van der Waals surface area contributed by atoms with Crippen LogP contribution in [0.3, 0.4) is 0 Å². The van der Waals surface area contributed by atoms with Gasteiger partial charge in [0.25, 0.3) is 10.1 Å². The number of amides is 1. The highest BCUT2D eigenvalue weighted by Gasteiger charge is 2.17. The summed E-state index contributed by atoms with van der Waals surface area (Å²) < 4.78 is 30.0.